The van der Waals surface area contributed by atoms with Crippen molar-refractivity contribution in [3.63, 3.8) is 0 Å². The maximum Gasteiger partial charge on any atom is 0.223 e. The summed E-state index contributed by atoms with van der Waals surface area (Å²) in [5, 5.41) is 0. The highest BCUT2D eigenvalue weighted by molar-refractivity contribution is 5.87. The second kappa shape index (κ2) is 6.82. The Kier molecular flexibility index (Phi) is 4.61. The Hall–Kier alpha value is -2.35. The van der Waals surface area contributed by atoms with Crippen molar-refractivity contribution < 1.29 is 4.79 Å². The van der Waals surface area contributed by atoms with Gasteiger partial charge in [-0.25, -0.2) is 0 Å². The third kappa shape index (κ3) is 3.07. The first kappa shape index (κ1) is 15.5. The lowest BCUT2D eigenvalue weighted by molar-refractivity contribution is -0.128. The van der Waals surface area contributed by atoms with E-state index < -0.39 is 0 Å². The summed E-state index contributed by atoms with van der Waals surface area (Å²) in [6.45, 7) is 3.85. The molecule has 1 aliphatic rings. The van der Waals surface area contributed by atoms with Crippen LogP contribution in [0.25, 0.3) is 5.57 Å². The molecule has 0 aromatic heterocycles. The molecule has 0 radical (unpaired) electrons. The van der Waals surface area contributed by atoms with Crippen molar-refractivity contribution in [3.05, 3.63) is 77.5 Å². The van der Waals surface area contributed by atoms with Gasteiger partial charge in [0.25, 0.3) is 0 Å². The second-order valence-electron chi connectivity index (χ2n) is 6.08. The first-order valence-electron chi connectivity index (χ1n) is 8.37. The Labute approximate surface area is 138 Å². The van der Waals surface area contributed by atoms with E-state index >= 15 is 0 Å². The normalized spacial score (nSPS) is 16.7. The molecule has 118 valence electrons. The van der Waals surface area contributed by atoms with E-state index in [9.17, 15) is 4.79 Å². The average molecular weight is 305 g/mol. The van der Waals surface area contributed by atoms with E-state index in [2.05, 4.69) is 43.3 Å². The van der Waals surface area contributed by atoms with E-state index in [0.29, 0.717) is 0 Å². The van der Waals surface area contributed by atoms with E-state index in [0.717, 1.165) is 30.4 Å². The number of carbonyl (C=O) groups excluding carboxylic acids is 1. The number of carbonyl (C=O) groups is 1. The minimum atomic E-state index is 0.106. The van der Waals surface area contributed by atoms with Crippen LogP contribution in [0.15, 0.2) is 60.8 Å². The molecule has 1 heterocycles. The third-order valence-electron chi connectivity index (χ3n) is 4.49. The number of benzene rings is 2. The van der Waals surface area contributed by atoms with Gasteiger partial charge in [-0.2, -0.15) is 0 Å². The highest BCUT2D eigenvalue weighted by Crippen LogP contribution is 2.40. The zero-order chi connectivity index (χ0) is 16.2. The third-order valence-corrected chi connectivity index (χ3v) is 4.49. The molecule has 23 heavy (non-hydrogen) atoms. The monoisotopic (exact) mass is 305 g/mol. The molecule has 0 N–H and O–H groups in total. The van der Waals surface area contributed by atoms with E-state index in [1.165, 1.54) is 11.1 Å². The van der Waals surface area contributed by atoms with Gasteiger partial charge in [0, 0.05) is 18.7 Å². The molecule has 0 spiro atoms. The number of nitrogens with zero attached hydrogens (tertiary/aromatic N) is 1. The molecule has 1 aliphatic heterocycles. The standard InChI is InChI=1S/C21H23NO/c1-3-4-14-21-19-13-9-8-12-18(19)20(15-22(21)16(2)23)17-10-6-5-7-11-17/h5-13,15,21H,3-4,14H2,1-2H3/t21-/m0/s1. The van der Waals surface area contributed by atoms with E-state index in [-0.39, 0.29) is 11.9 Å². The quantitative estimate of drug-likeness (QED) is 0.763. The summed E-state index contributed by atoms with van der Waals surface area (Å²) in [7, 11) is 0. The van der Waals surface area contributed by atoms with Gasteiger partial charge in [-0.15, -0.1) is 0 Å². The summed E-state index contributed by atoms with van der Waals surface area (Å²) >= 11 is 0. The van der Waals surface area contributed by atoms with E-state index in [4.69, 9.17) is 0 Å². The summed E-state index contributed by atoms with van der Waals surface area (Å²) in [5.41, 5.74) is 4.79. The Balaban J connectivity index is 2.12. The molecule has 0 bridgehead atoms. The number of fused-ring (bicyclic) bond motifs is 1. The summed E-state index contributed by atoms with van der Waals surface area (Å²) in [6, 6.07) is 19.0. The summed E-state index contributed by atoms with van der Waals surface area (Å²) < 4.78 is 0. The summed E-state index contributed by atoms with van der Waals surface area (Å²) in [4.78, 5) is 14.2. The maximum atomic E-state index is 12.2. The second-order valence-corrected chi connectivity index (χ2v) is 6.08. The van der Waals surface area contributed by atoms with Crippen LogP contribution in [0.3, 0.4) is 0 Å². The van der Waals surface area contributed by atoms with Crippen LogP contribution in [0, 0.1) is 0 Å². The SMILES string of the molecule is CCCC[C@H]1c2ccccc2C(c2ccccc2)=CN1C(C)=O. The molecular formula is C21H23NO. The van der Waals surface area contributed by atoms with Gasteiger partial charge >= 0.3 is 0 Å². The summed E-state index contributed by atoms with van der Waals surface area (Å²) in [6.07, 6.45) is 5.31. The van der Waals surface area contributed by atoms with Gasteiger partial charge in [-0.1, -0.05) is 74.4 Å². The van der Waals surface area contributed by atoms with Gasteiger partial charge < -0.3 is 4.90 Å². The van der Waals surface area contributed by atoms with Crippen LogP contribution in [-0.4, -0.2) is 10.8 Å². The highest BCUT2D eigenvalue weighted by atomic mass is 16.2. The number of rotatable bonds is 4. The summed E-state index contributed by atoms with van der Waals surface area (Å²) in [5.74, 6) is 0.106. The van der Waals surface area contributed by atoms with Gasteiger partial charge in [-0.3, -0.25) is 4.79 Å². The van der Waals surface area contributed by atoms with Crippen molar-refractivity contribution in [1.82, 2.24) is 4.90 Å². The van der Waals surface area contributed by atoms with Crippen molar-refractivity contribution >= 4 is 11.5 Å². The number of hydrogen-bond acceptors (Lipinski definition) is 1. The molecule has 3 rings (SSSR count). The van der Waals surface area contributed by atoms with Crippen LogP contribution in [0.5, 0.6) is 0 Å². The molecule has 1 amide bonds. The van der Waals surface area contributed by atoms with Crippen LogP contribution >= 0.6 is 0 Å². The van der Waals surface area contributed by atoms with Crippen LogP contribution < -0.4 is 0 Å². The van der Waals surface area contributed by atoms with Gasteiger partial charge in [0.05, 0.1) is 6.04 Å². The fraction of sp³-hybridized carbons (Fsp3) is 0.286. The maximum absolute atomic E-state index is 12.2. The molecule has 2 nitrogen and oxygen atoms in total. The lowest BCUT2D eigenvalue weighted by Gasteiger charge is -2.35. The zero-order valence-electron chi connectivity index (χ0n) is 13.8. The number of amides is 1. The molecule has 0 saturated heterocycles. The molecule has 2 aromatic rings. The smallest absolute Gasteiger partial charge is 0.223 e. The molecular weight excluding hydrogens is 282 g/mol. The minimum Gasteiger partial charge on any atom is -0.311 e. The van der Waals surface area contributed by atoms with Gasteiger partial charge in [0.2, 0.25) is 5.91 Å². The Morgan fingerprint density at radius 1 is 1.04 bits per heavy atom. The van der Waals surface area contributed by atoms with E-state index in [1.807, 2.05) is 29.3 Å². The van der Waals surface area contributed by atoms with Crippen LogP contribution in [0.1, 0.15) is 55.8 Å². The van der Waals surface area contributed by atoms with Crippen LogP contribution in [-0.2, 0) is 4.79 Å². The van der Waals surface area contributed by atoms with Crippen molar-refractivity contribution in [2.75, 3.05) is 0 Å². The van der Waals surface area contributed by atoms with Gasteiger partial charge in [0.1, 0.15) is 0 Å². The minimum absolute atomic E-state index is 0.106. The fourth-order valence-electron chi connectivity index (χ4n) is 3.33. The predicted octanol–water partition coefficient (Wildman–Crippen LogP) is 5.17. The van der Waals surface area contributed by atoms with Gasteiger partial charge in [0.15, 0.2) is 0 Å². The molecule has 0 aliphatic carbocycles. The predicted molar refractivity (Wildman–Crippen MR) is 94.7 cm³/mol. The van der Waals surface area contributed by atoms with Crippen molar-refractivity contribution in [2.45, 2.75) is 39.2 Å². The largest absolute Gasteiger partial charge is 0.311 e. The zero-order valence-corrected chi connectivity index (χ0v) is 13.8. The first-order chi connectivity index (χ1) is 11.2. The Morgan fingerprint density at radius 2 is 1.74 bits per heavy atom. The molecule has 2 aromatic carbocycles. The number of hydrogen-bond donors (Lipinski definition) is 0. The Bertz CT molecular complexity index is 718. The molecule has 0 unspecified atom stereocenters. The molecule has 0 fully saturated rings. The lowest BCUT2D eigenvalue weighted by atomic mass is 9.85. The van der Waals surface area contributed by atoms with Crippen LogP contribution in [0.4, 0.5) is 0 Å². The first-order valence-corrected chi connectivity index (χ1v) is 8.37. The molecule has 2 heteroatoms. The molecule has 1 atom stereocenters. The topological polar surface area (TPSA) is 20.3 Å². The van der Waals surface area contributed by atoms with Crippen molar-refractivity contribution in [1.29, 1.82) is 0 Å². The average Bonchev–Trinajstić information content (AvgIpc) is 2.59. The highest BCUT2D eigenvalue weighted by Gasteiger charge is 2.29. The van der Waals surface area contributed by atoms with Gasteiger partial charge in [-0.05, 0) is 23.1 Å². The van der Waals surface area contributed by atoms with Crippen molar-refractivity contribution in [2.24, 2.45) is 0 Å². The Morgan fingerprint density at radius 3 is 2.43 bits per heavy atom. The number of unbranched alkanes of at least 4 members (excludes halogenated alkanes) is 1. The van der Waals surface area contributed by atoms with E-state index in [1.54, 1.807) is 6.92 Å². The lowest BCUT2D eigenvalue weighted by Crippen LogP contribution is -2.32. The van der Waals surface area contributed by atoms with Crippen LogP contribution in [0.2, 0.25) is 0 Å². The van der Waals surface area contributed by atoms with Crippen molar-refractivity contribution in [3.8, 4) is 0 Å². The fourth-order valence-corrected chi connectivity index (χ4v) is 3.33. The molecule has 0 saturated carbocycles.